The number of thiazole rings is 1. The predicted molar refractivity (Wildman–Crippen MR) is 187 cm³/mol. The lowest BCUT2D eigenvalue weighted by molar-refractivity contribution is -0.146. The highest BCUT2D eigenvalue weighted by Gasteiger charge is 2.47. The molecule has 15 heteroatoms. The van der Waals surface area contributed by atoms with Crippen LogP contribution in [-0.4, -0.2) is 105 Å². The normalized spacial score (nSPS) is 21.1. The number of benzene rings is 2. The Hall–Kier alpha value is -4.37. The number of rotatable bonds is 10. The second-order valence-electron chi connectivity index (χ2n) is 12.7. The van der Waals surface area contributed by atoms with Crippen molar-refractivity contribution in [2.24, 2.45) is 4.99 Å². The lowest BCUT2D eigenvalue weighted by atomic mass is 9.84. The van der Waals surface area contributed by atoms with Gasteiger partial charge in [0.1, 0.15) is 11.9 Å². The number of carbonyl (C=O) groups is 3. The Morgan fingerprint density at radius 2 is 1.86 bits per heavy atom. The first kappa shape index (κ1) is 35.5. The number of esters is 2. The standard InChI is InChI=1S/C35H38ClFN6O6S/c1-35(2,33(45)49-5)20-6-9-22(10-7-20)43-18-26-27(19-47-3)41(13-14-42(26)34(43)46)17-25-28(32(44)48-4)29(23-11-8-21(37)16-24(23)36)40-30(39-25)31-38-12-15-50-31/h6-12,15-16,26-27,29H,13-14,17-19H2,1-5H3,(H,39,40)/t26-,27-,29+/m1/s1. The van der Waals surface area contributed by atoms with E-state index in [4.69, 9.17) is 30.8 Å². The van der Waals surface area contributed by atoms with Crippen LogP contribution in [0.1, 0.15) is 36.0 Å². The molecule has 2 amide bonds. The van der Waals surface area contributed by atoms with E-state index in [0.717, 1.165) is 5.56 Å². The molecule has 0 saturated carbocycles. The predicted octanol–water partition coefficient (Wildman–Crippen LogP) is 4.55. The third-order valence-electron chi connectivity index (χ3n) is 9.51. The zero-order valence-electron chi connectivity index (χ0n) is 28.3. The van der Waals surface area contributed by atoms with Crippen LogP contribution in [0.2, 0.25) is 5.02 Å². The summed E-state index contributed by atoms with van der Waals surface area (Å²) in [7, 11) is 4.27. The van der Waals surface area contributed by atoms with Gasteiger partial charge >= 0.3 is 18.0 Å². The molecule has 2 fully saturated rings. The molecule has 0 radical (unpaired) electrons. The number of hydrogen-bond acceptors (Lipinski definition) is 11. The van der Waals surface area contributed by atoms with Crippen LogP contribution in [0.25, 0.3) is 0 Å². The molecular formula is C35H38ClFN6O6S. The van der Waals surface area contributed by atoms with Gasteiger partial charge in [-0.15, -0.1) is 11.3 Å². The molecule has 3 aliphatic heterocycles. The van der Waals surface area contributed by atoms with Crippen molar-refractivity contribution in [3.05, 3.63) is 92.3 Å². The van der Waals surface area contributed by atoms with E-state index in [1.807, 2.05) is 34.5 Å². The first-order chi connectivity index (χ1) is 24.0. The van der Waals surface area contributed by atoms with Crippen molar-refractivity contribution >= 4 is 52.4 Å². The van der Waals surface area contributed by atoms with Gasteiger partial charge in [-0.1, -0.05) is 29.8 Å². The highest BCUT2D eigenvalue weighted by molar-refractivity contribution is 7.11. The van der Waals surface area contributed by atoms with Crippen LogP contribution in [0.5, 0.6) is 0 Å². The van der Waals surface area contributed by atoms with Gasteiger partial charge < -0.3 is 24.4 Å². The average Bonchev–Trinajstić information content (AvgIpc) is 3.77. The van der Waals surface area contributed by atoms with Crippen LogP contribution in [0.3, 0.4) is 0 Å². The number of urea groups is 1. The summed E-state index contributed by atoms with van der Waals surface area (Å²) in [6, 6.07) is 9.87. The topological polar surface area (TPSA) is 126 Å². The Labute approximate surface area is 298 Å². The van der Waals surface area contributed by atoms with E-state index < -0.39 is 23.2 Å². The Kier molecular flexibility index (Phi) is 10.3. The highest BCUT2D eigenvalue weighted by Crippen LogP contribution is 2.38. The van der Waals surface area contributed by atoms with Crippen molar-refractivity contribution in [1.29, 1.82) is 0 Å². The number of methoxy groups -OCH3 is 3. The monoisotopic (exact) mass is 724 g/mol. The highest BCUT2D eigenvalue weighted by atomic mass is 35.5. The van der Waals surface area contributed by atoms with Crippen LogP contribution >= 0.6 is 22.9 Å². The van der Waals surface area contributed by atoms with E-state index in [9.17, 15) is 18.8 Å². The van der Waals surface area contributed by atoms with Crippen LogP contribution in [0.15, 0.2) is 70.3 Å². The second kappa shape index (κ2) is 14.5. The average molecular weight is 725 g/mol. The van der Waals surface area contributed by atoms with Gasteiger partial charge in [0.25, 0.3) is 0 Å². The number of hydrogen-bond donors (Lipinski definition) is 1. The summed E-state index contributed by atoms with van der Waals surface area (Å²) in [6.45, 7) is 5.49. The van der Waals surface area contributed by atoms with Crippen LogP contribution in [0, 0.1) is 5.82 Å². The van der Waals surface area contributed by atoms with E-state index >= 15 is 0 Å². The van der Waals surface area contributed by atoms with Gasteiger partial charge in [0.2, 0.25) is 0 Å². The summed E-state index contributed by atoms with van der Waals surface area (Å²) in [4.78, 5) is 54.7. The molecule has 3 aliphatic rings. The molecule has 2 aromatic carbocycles. The first-order valence-electron chi connectivity index (χ1n) is 16.0. The molecule has 0 aliphatic carbocycles. The Morgan fingerprint density at radius 1 is 1.10 bits per heavy atom. The number of ether oxygens (including phenoxy) is 3. The second-order valence-corrected chi connectivity index (χ2v) is 14.0. The zero-order valence-corrected chi connectivity index (χ0v) is 29.9. The van der Waals surface area contributed by atoms with E-state index in [2.05, 4.69) is 15.2 Å². The summed E-state index contributed by atoms with van der Waals surface area (Å²) in [5, 5.41) is 5.89. The molecular weight excluding hydrogens is 687 g/mol. The molecule has 50 heavy (non-hydrogen) atoms. The van der Waals surface area contributed by atoms with Crippen molar-refractivity contribution in [3.8, 4) is 0 Å². The number of nitrogens with zero attached hydrogens (tertiary/aromatic N) is 5. The molecule has 3 atom stereocenters. The zero-order chi connectivity index (χ0) is 35.7. The Morgan fingerprint density at radius 3 is 2.50 bits per heavy atom. The molecule has 3 aromatic rings. The van der Waals surface area contributed by atoms with E-state index in [-0.39, 0.29) is 41.2 Å². The largest absolute Gasteiger partial charge is 0.468 e. The smallest absolute Gasteiger partial charge is 0.338 e. The van der Waals surface area contributed by atoms with E-state index in [0.29, 0.717) is 54.0 Å². The molecule has 1 aromatic heterocycles. The fourth-order valence-electron chi connectivity index (χ4n) is 6.80. The van der Waals surface area contributed by atoms with Crippen molar-refractivity contribution in [3.63, 3.8) is 0 Å². The number of amidine groups is 1. The van der Waals surface area contributed by atoms with Gasteiger partial charge in [0.15, 0.2) is 10.8 Å². The van der Waals surface area contributed by atoms with E-state index in [1.54, 1.807) is 32.1 Å². The van der Waals surface area contributed by atoms with Gasteiger partial charge in [-0.2, -0.15) is 0 Å². The number of carbonyl (C=O) groups excluding carboxylic acids is 3. The fraction of sp³-hybridized carbons (Fsp3) is 0.400. The number of piperazine rings is 1. The number of fused-ring (bicyclic) bond motifs is 1. The van der Waals surface area contributed by atoms with Gasteiger partial charge in [-0.3, -0.25) is 19.6 Å². The minimum absolute atomic E-state index is 0.120. The summed E-state index contributed by atoms with van der Waals surface area (Å²) in [5.41, 5.74) is 1.85. The van der Waals surface area contributed by atoms with Crippen LogP contribution in [0.4, 0.5) is 14.9 Å². The molecule has 6 rings (SSSR count). The summed E-state index contributed by atoms with van der Waals surface area (Å²) in [5.74, 6) is -1.03. The lowest BCUT2D eigenvalue weighted by Gasteiger charge is -2.44. The third kappa shape index (κ3) is 6.60. The molecule has 1 N–H and O–H groups in total. The van der Waals surface area contributed by atoms with Crippen molar-refractivity contribution in [1.82, 2.24) is 20.1 Å². The minimum Gasteiger partial charge on any atom is -0.468 e. The number of aliphatic imine (C=N–C) groups is 1. The molecule has 0 spiro atoms. The van der Waals surface area contributed by atoms with Crippen molar-refractivity contribution in [2.75, 3.05) is 59.0 Å². The molecule has 12 nitrogen and oxygen atoms in total. The summed E-state index contributed by atoms with van der Waals surface area (Å²) in [6.07, 6.45) is 1.66. The third-order valence-corrected chi connectivity index (χ3v) is 10.6. The summed E-state index contributed by atoms with van der Waals surface area (Å²) < 4.78 is 30.0. The molecule has 264 valence electrons. The van der Waals surface area contributed by atoms with Gasteiger partial charge in [0, 0.05) is 66.8 Å². The SMILES string of the molecule is COC[C@@H]1[C@H]2CN(c3ccc(C(C)(C)C(=O)OC)cc3)C(=O)N2CCN1CC1=C(C(=O)OC)[C@H](c2ccc(F)cc2Cl)N=C(c2nccs2)N1. The number of halogens is 2. The number of nitrogens with one attached hydrogen (secondary N) is 1. The number of anilines is 1. The minimum atomic E-state index is -0.899. The van der Waals surface area contributed by atoms with Gasteiger partial charge in [0.05, 0.1) is 43.9 Å². The quantitative estimate of drug-likeness (QED) is 0.300. The lowest BCUT2D eigenvalue weighted by Crippen LogP contribution is -2.61. The molecule has 0 bridgehead atoms. The van der Waals surface area contributed by atoms with Gasteiger partial charge in [-0.25, -0.2) is 19.0 Å². The summed E-state index contributed by atoms with van der Waals surface area (Å²) >= 11 is 7.91. The van der Waals surface area contributed by atoms with Crippen molar-refractivity contribution < 1.29 is 33.0 Å². The van der Waals surface area contributed by atoms with Gasteiger partial charge in [-0.05, 0) is 43.7 Å². The molecule has 0 unspecified atom stereocenters. The maximum atomic E-state index is 14.1. The molecule has 2 saturated heterocycles. The maximum absolute atomic E-state index is 14.1. The number of amides is 2. The molecule has 4 heterocycles. The maximum Gasteiger partial charge on any atom is 0.338 e. The fourth-order valence-corrected chi connectivity index (χ4v) is 7.66. The Bertz CT molecular complexity index is 1830. The first-order valence-corrected chi connectivity index (χ1v) is 17.2. The van der Waals surface area contributed by atoms with Crippen LogP contribution < -0.4 is 10.2 Å². The van der Waals surface area contributed by atoms with E-state index in [1.165, 1.54) is 43.8 Å². The number of aromatic nitrogens is 1. The van der Waals surface area contributed by atoms with Crippen LogP contribution in [-0.2, 0) is 29.2 Å². The Balaban J connectivity index is 1.32. The van der Waals surface area contributed by atoms with Crippen molar-refractivity contribution in [2.45, 2.75) is 37.4 Å².